The van der Waals surface area contributed by atoms with Crippen LogP contribution >= 0.6 is 11.8 Å². The van der Waals surface area contributed by atoms with Gasteiger partial charge in [-0.3, -0.25) is 4.99 Å². The molecule has 2 rings (SSSR count). The number of rotatable bonds is 4. The molecule has 0 unspecified atom stereocenters. The predicted octanol–water partition coefficient (Wildman–Crippen LogP) is -0.398. The number of nitrogens with zero attached hydrogens (tertiary/aromatic N) is 2. The van der Waals surface area contributed by atoms with Crippen LogP contribution in [0.4, 0.5) is 4.79 Å². The number of amidine groups is 1. The highest BCUT2D eigenvalue weighted by atomic mass is 32.2. The van der Waals surface area contributed by atoms with Crippen molar-refractivity contribution in [2.24, 2.45) is 4.99 Å². The second-order valence-electron chi connectivity index (χ2n) is 5.19. The number of carbonyl (C=O) groups is 1. The highest BCUT2D eigenvalue weighted by Gasteiger charge is 2.48. The first-order chi connectivity index (χ1) is 10.5. The summed E-state index contributed by atoms with van der Waals surface area (Å²) >= 11 is 1.41. The van der Waals surface area contributed by atoms with E-state index in [9.17, 15) is 15.0 Å². The molecule has 0 aromatic carbocycles. The zero-order valence-corrected chi connectivity index (χ0v) is 13.7. The van der Waals surface area contributed by atoms with Crippen molar-refractivity contribution in [3.8, 4) is 0 Å². The highest BCUT2D eigenvalue weighted by molar-refractivity contribution is 8.14. The van der Waals surface area contributed by atoms with Crippen LogP contribution in [0.25, 0.3) is 0 Å². The predicted molar refractivity (Wildman–Crippen MR) is 82.8 cm³/mol. The van der Waals surface area contributed by atoms with Gasteiger partial charge in [0.15, 0.2) is 5.17 Å². The van der Waals surface area contributed by atoms with Crippen LogP contribution in [0.15, 0.2) is 4.99 Å². The Bertz CT molecular complexity index is 436. The van der Waals surface area contributed by atoms with Gasteiger partial charge in [0.25, 0.3) is 0 Å². The SMILES string of the molecule is CCNC(=O)OC[C@H]1O[C@@H]2SC(N(C)CC)=N[C@@H]2[C@@H](O)[C@@H]1O. The fourth-order valence-corrected chi connectivity index (χ4v) is 3.49. The molecule has 1 fully saturated rings. The second kappa shape index (κ2) is 7.49. The van der Waals surface area contributed by atoms with Crippen LogP contribution in [0.1, 0.15) is 13.8 Å². The Labute approximate surface area is 133 Å². The summed E-state index contributed by atoms with van der Waals surface area (Å²) in [6, 6.07) is -0.510. The lowest BCUT2D eigenvalue weighted by atomic mass is 9.99. The van der Waals surface area contributed by atoms with Crippen LogP contribution in [0.5, 0.6) is 0 Å². The first-order valence-electron chi connectivity index (χ1n) is 7.35. The topological polar surface area (TPSA) is 104 Å². The van der Waals surface area contributed by atoms with E-state index < -0.39 is 30.4 Å². The van der Waals surface area contributed by atoms with Crippen molar-refractivity contribution in [1.82, 2.24) is 10.2 Å². The summed E-state index contributed by atoms with van der Waals surface area (Å²) in [6.45, 7) is 4.90. The smallest absolute Gasteiger partial charge is 0.407 e. The highest BCUT2D eigenvalue weighted by Crippen LogP contribution is 2.37. The van der Waals surface area contributed by atoms with Crippen molar-refractivity contribution in [3.05, 3.63) is 0 Å². The Morgan fingerprint density at radius 3 is 2.82 bits per heavy atom. The number of fused-ring (bicyclic) bond motifs is 1. The molecule has 0 aromatic rings. The number of carbonyl (C=O) groups excluding carboxylic acids is 1. The van der Waals surface area contributed by atoms with Crippen LogP contribution in [0.2, 0.25) is 0 Å². The third-order valence-electron chi connectivity index (χ3n) is 3.65. The standard InChI is InChI=1S/C13H23N3O5S/c1-4-14-13(19)20-6-7-9(17)10(18)8-11(21-7)22-12(15-8)16(3)5-2/h7-11,17-18H,4-6H2,1-3H3,(H,14,19)/t7-,8-,9-,10-,11-/m1/s1. The van der Waals surface area contributed by atoms with Crippen molar-refractivity contribution >= 4 is 23.0 Å². The summed E-state index contributed by atoms with van der Waals surface area (Å²) in [6.07, 6.45) is -3.53. The van der Waals surface area contributed by atoms with Gasteiger partial charge in [0, 0.05) is 20.1 Å². The molecule has 22 heavy (non-hydrogen) atoms. The van der Waals surface area contributed by atoms with Crippen molar-refractivity contribution < 1.29 is 24.5 Å². The van der Waals surface area contributed by atoms with Gasteiger partial charge in [-0.1, -0.05) is 11.8 Å². The van der Waals surface area contributed by atoms with E-state index in [0.29, 0.717) is 6.54 Å². The van der Waals surface area contributed by atoms with E-state index in [1.807, 2.05) is 18.9 Å². The number of thioether (sulfide) groups is 1. The summed E-state index contributed by atoms with van der Waals surface area (Å²) in [5.41, 5.74) is -0.384. The van der Waals surface area contributed by atoms with Gasteiger partial charge in [0.2, 0.25) is 0 Å². The fraction of sp³-hybridized carbons (Fsp3) is 0.846. The zero-order valence-electron chi connectivity index (χ0n) is 12.9. The molecule has 5 atom stereocenters. The first-order valence-corrected chi connectivity index (χ1v) is 8.23. The number of hydrogen-bond acceptors (Lipinski definition) is 8. The number of aliphatic hydroxyl groups is 2. The van der Waals surface area contributed by atoms with E-state index in [-0.39, 0.29) is 12.0 Å². The van der Waals surface area contributed by atoms with Crippen molar-refractivity contribution in [2.45, 2.75) is 43.6 Å². The summed E-state index contributed by atoms with van der Waals surface area (Å²) in [5, 5.41) is 23.6. The molecule has 126 valence electrons. The maximum absolute atomic E-state index is 11.3. The molecule has 0 aromatic heterocycles. The second-order valence-corrected chi connectivity index (χ2v) is 6.25. The first kappa shape index (κ1) is 17.3. The molecule has 1 amide bonds. The van der Waals surface area contributed by atoms with Crippen molar-refractivity contribution in [3.63, 3.8) is 0 Å². The molecular weight excluding hydrogens is 310 g/mol. The molecule has 9 heteroatoms. The van der Waals surface area contributed by atoms with Crippen LogP contribution in [0, 0.1) is 0 Å². The number of alkyl carbamates (subject to hydrolysis) is 1. The van der Waals surface area contributed by atoms with Crippen LogP contribution in [0.3, 0.4) is 0 Å². The molecule has 0 aliphatic carbocycles. The fourth-order valence-electron chi connectivity index (χ4n) is 2.23. The van der Waals surface area contributed by atoms with Gasteiger partial charge in [-0.15, -0.1) is 0 Å². The van der Waals surface area contributed by atoms with E-state index in [4.69, 9.17) is 9.47 Å². The summed E-state index contributed by atoms with van der Waals surface area (Å²) in [5.74, 6) is 0. The number of aliphatic hydroxyl groups excluding tert-OH is 2. The molecule has 2 aliphatic heterocycles. The molecule has 2 aliphatic rings. The van der Waals surface area contributed by atoms with Gasteiger partial charge in [-0.2, -0.15) is 0 Å². The quantitative estimate of drug-likeness (QED) is 0.643. The normalized spacial score (nSPS) is 33.9. The van der Waals surface area contributed by atoms with Gasteiger partial charge >= 0.3 is 6.09 Å². The van der Waals surface area contributed by atoms with E-state index >= 15 is 0 Å². The minimum Gasteiger partial charge on any atom is -0.447 e. The lowest BCUT2D eigenvalue weighted by molar-refractivity contribution is -0.164. The molecule has 8 nitrogen and oxygen atoms in total. The average molecular weight is 333 g/mol. The van der Waals surface area contributed by atoms with Gasteiger partial charge in [0.1, 0.15) is 36.4 Å². The monoisotopic (exact) mass is 333 g/mol. The average Bonchev–Trinajstić information content (AvgIpc) is 2.93. The molecule has 3 N–H and O–H groups in total. The Balaban J connectivity index is 1.96. The molecular formula is C13H23N3O5S. The van der Waals surface area contributed by atoms with Crippen LogP contribution < -0.4 is 5.32 Å². The molecule has 0 bridgehead atoms. The Hall–Kier alpha value is -1.03. The Kier molecular flexibility index (Phi) is 5.90. The van der Waals surface area contributed by atoms with Crippen molar-refractivity contribution in [2.75, 3.05) is 26.7 Å². The third-order valence-corrected chi connectivity index (χ3v) is 4.90. The number of ether oxygens (including phenoxy) is 2. The summed E-state index contributed by atoms with van der Waals surface area (Å²) in [7, 11) is 1.90. The summed E-state index contributed by atoms with van der Waals surface area (Å²) in [4.78, 5) is 17.7. The number of aliphatic imine (C=N–C) groups is 1. The Morgan fingerprint density at radius 1 is 1.45 bits per heavy atom. The third kappa shape index (κ3) is 3.65. The van der Waals surface area contributed by atoms with Crippen LogP contribution in [-0.2, 0) is 9.47 Å². The van der Waals surface area contributed by atoms with E-state index in [2.05, 4.69) is 10.3 Å². The molecule has 0 spiro atoms. The number of amides is 1. The van der Waals surface area contributed by atoms with Gasteiger partial charge in [0.05, 0.1) is 0 Å². The van der Waals surface area contributed by atoms with Crippen LogP contribution in [-0.4, -0.2) is 82.9 Å². The van der Waals surface area contributed by atoms with E-state index in [0.717, 1.165) is 11.7 Å². The molecule has 0 radical (unpaired) electrons. The lowest BCUT2D eigenvalue weighted by Crippen LogP contribution is -2.56. The minimum absolute atomic E-state index is 0.118. The van der Waals surface area contributed by atoms with Gasteiger partial charge in [-0.05, 0) is 13.8 Å². The van der Waals surface area contributed by atoms with E-state index in [1.54, 1.807) is 6.92 Å². The largest absolute Gasteiger partial charge is 0.447 e. The molecule has 1 saturated heterocycles. The minimum atomic E-state index is -1.15. The summed E-state index contributed by atoms with van der Waals surface area (Å²) < 4.78 is 10.7. The van der Waals surface area contributed by atoms with E-state index in [1.165, 1.54) is 11.8 Å². The maximum atomic E-state index is 11.3. The van der Waals surface area contributed by atoms with Gasteiger partial charge < -0.3 is 29.9 Å². The molecule has 0 saturated carbocycles. The lowest BCUT2D eigenvalue weighted by Gasteiger charge is -2.37. The maximum Gasteiger partial charge on any atom is 0.407 e. The van der Waals surface area contributed by atoms with Gasteiger partial charge in [-0.25, -0.2) is 4.79 Å². The molecule has 2 heterocycles. The number of nitrogens with one attached hydrogen (secondary N) is 1. The number of hydrogen-bond donors (Lipinski definition) is 3. The van der Waals surface area contributed by atoms with Crippen molar-refractivity contribution in [1.29, 1.82) is 0 Å². The zero-order chi connectivity index (χ0) is 16.3. The Morgan fingerprint density at radius 2 is 2.18 bits per heavy atom.